The predicted molar refractivity (Wildman–Crippen MR) is 92.8 cm³/mol. The van der Waals surface area contributed by atoms with Crippen LogP contribution in [-0.2, 0) is 4.79 Å². The van der Waals surface area contributed by atoms with Gasteiger partial charge >= 0.3 is 0 Å². The van der Waals surface area contributed by atoms with Crippen LogP contribution in [-0.4, -0.2) is 54.3 Å². The van der Waals surface area contributed by atoms with Gasteiger partial charge in [-0.1, -0.05) is 0 Å². The highest BCUT2D eigenvalue weighted by molar-refractivity contribution is 5.73. The topological polar surface area (TPSA) is 61.8 Å². The number of aliphatic hydroxyl groups is 1. The molecule has 2 fully saturated rings. The summed E-state index contributed by atoms with van der Waals surface area (Å²) in [6.45, 7) is 5.08. The summed E-state index contributed by atoms with van der Waals surface area (Å²) in [5.41, 5.74) is 0. The van der Waals surface area contributed by atoms with Crippen molar-refractivity contribution in [3.05, 3.63) is 30.1 Å². The molecule has 2 N–H and O–H groups in total. The van der Waals surface area contributed by atoms with Gasteiger partial charge in [-0.3, -0.25) is 4.79 Å². The van der Waals surface area contributed by atoms with Crippen molar-refractivity contribution in [1.29, 1.82) is 0 Å². The number of amides is 1. The first-order valence-electron chi connectivity index (χ1n) is 9.07. The van der Waals surface area contributed by atoms with E-state index in [2.05, 4.69) is 10.2 Å². The van der Waals surface area contributed by atoms with Crippen molar-refractivity contribution in [2.24, 2.45) is 11.8 Å². The van der Waals surface area contributed by atoms with Gasteiger partial charge in [0.2, 0.25) is 5.91 Å². The Morgan fingerprint density at radius 2 is 1.96 bits per heavy atom. The Bertz CT molecular complexity index is 581. The fourth-order valence-corrected chi connectivity index (χ4v) is 4.14. The third-order valence-corrected chi connectivity index (χ3v) is 5.31. The van der Waals surface area contributed by atoms with Crippen LogP contribution in [0.2, 0.25) is 0 Å². The highest BCUT2D eigenvalue weighted by atomic mass is 19.1. The van der Waals surface area contributed by atoms with E-state index < -0.39 is 6.10 Å². The lowest BCUT2D eigenvalue weighted by atomic mass is 9.77. The first-order valence-corrected chi connectivity index (χ1v) is 9.07. The molecule has 0 spiro atoms. The van der Waals surface area contributed by atoms with Crippen LogP contribution in [0.15, 0.2) is 24.3 Å². The van der Waals surface area contributed by atoms with Gasteiger partial charge in [-0.25, -0.2) is 4.39 Å². The van der Waals surface area contributed by atoms with E-state index in [1.165, 1.54) is 19.1 Å². The SMILES string of the molecule is CC(=O)N[C@@H]1C[C@@H]2CN(CCCOc3ccc(F)cc3)C[C@@H]2C[C@H]1O. The minimum atomic E-state index is -0.438. The van der Waals surface area contributed by atoms with Gasteiger partial charge in [0.15, 0.2) is 0 Å². The van der Waals surface area contributed by atoms with Crippen molar-refractivity contribution in [3.63, 3.8) is 0 Å². The molecular weight excluding hydrogens is 323 g/mol. The second-order valence-electron chi connectivity index (χ2n) is 7.28. The maximum atomic E-state index is 12.8. The zero-order chi connectivity index (χ0) is 17.8. The quantitative estimate of drug-likeness (QED) is 0.768. The van der Waals surface area contributed by atoms with Gasteiger partial charge in [-0.05, 0) is 55.4 Å². The van der Waals surface area contributed by atoms with Crippen LogP contribution < -0.4 is 10.1 Å². The summed E-state index contributed by atoms with van der Waals surface area (Å²) >= 11 is 0. The number of carbonyl (C=O) groups excluding carboxylic acids is 1. The third kappa shape index (κ3) is 4.92. The van der Waals surface area contributed by atoms with Gasteiger partial charge < -0.3 is 20.1 Å². The first-order chi connectivity index (χ1) is 12.0. The number of aliphatic hydroxyl groups excluding tert-OH is 1. The van der Waals surface area contributed by atoms with E-state index >= 15 is 0 Å². The van der Waals surface area contributed by atoms with Gasteiger partial charge in [0.1, 0.15) is 11.6 Å². The second-order valence-corrected chi connectivity index (χ2v) is 7.28. The molecule has 1 amide bonds. The molecule has 4 atom stereocenters. The Hall–Kier alpha value is -1.66. The molecule has 1 saturated heterocycles. The van der Waals surface area contributed by atoms with Crippen molar-refractivity contribution in [2.75, 3.05) is 26.2 Å². The highest BCUT2D eigenvalue weighted by Crippen LogP contribution is 2.36. The van der Waals surface area contributed by atoms with E-state index in [9.17, 15) is 14.3 Å². The molecule has 0 unspecified atom stereocenters. The number of carbonyl (C=O) groups is 1. The maximum absolute atomic E-state index is 12.8. The Labute approximate surface area is 148 Å². The summed E-state index contributed by atoms with van der Waals surface area (Å²) in [7, 11) is 0. The van der Waals surface area contributed by atoms with E-state index in [-0.39, 0.29) is 17.8 Å². The molecule has 0 bridgehead atoms. The largest absolute Gasteiger partial charge is 0.494 e. The van der Waals surface area contributed by atoms with Crippen LogP contribution in [0.25, 0.3) is 0 Å². The first kappa shape index (κ1) is 18.1. The zero-order valence-corrected chi connectivity index (χ0v) is 14.7. The maximum Gasteiger partial charge on any atom is 0.217 e. The average molecular weight is 350 g/mol. The Balaban J connectivity index is 1.39. The Morgan fingerprint density at radius 1 is 1.28 bits per heavy atom. The van der Waals surface area contributed by atoms with Crippen molar-refractivity contribution in [1.82, 2.24) is 10.2 Å². The molecule has 138 valence electrons. The van der Waals surface area contributed by atoms with Crippen LogP contribution in [0.5, 0.6) is 5.75 Å². The molecule has 1 aromatic rings. The third-order valence-electron chi connectivity index (χ3n) is 5.31. The minimum Gasteiger partial charge on any atom is -0.494 e. The van der Waals surface area contributed by atoms with Crippen molar-refractivity contribution in [3.8, 4) is 5.75 Å². The smallest absolute Gasteiger partial charge is 0.217 e. The monoisotopic (exact) mass is 350 g/mol. The van der Waals surface area contributed by atoms with Crippen molar-refractivity contribution >= 4 is 5.91 Å². The van der Waals surface area contributed by atoms with Gasteiger partial charge in [-0.15, -0.1) is 0 Å². The molecule has 3 rings (SSSR count). The fourth-order valence-electron chi connectivity index (χ4n) is 4.14. The number of rotatable bonds is 6. The summed E-state index contributed by atoms with van der Waals surface area (Å²) in [6, 6.07) is 5.97. The zero-order valence-electron chi connectivity index (χ0n) is 14.7. The van der Waals surface area contributed by atoms with Gasteiger partial charge in [0.05, 0.1) is 18.8 Å². The molecule has 25 heavy (non-hydrogen) atoms. The van der Waals surface area contributed by atoms with Crippen LogP contribution in [0.4, 0.5) is 4.39 Å². The van der Waals surface area contributed by atoms with E-state index in [4.69, 9.17) is 4.74 Å². The lowest BCUT2D eigenvalue weighted by Gasteiger charge is -2.35. The summed E-state index contributed by atoms with van der Waals surface area (Å²) in [5, 5.41) is 13.1. The molecular formula is C19H27FN2O3. The summed E-state index contributed by atoms with van der Waals surface area (Å²) in [6.07, 6.45) is 2.09. The molecule has 1 aliphatic carbocycles. The van der Waals surface area contributed by atoms with Crippen molar-refractivity contribution in [2.45, 2.75) is 38.3 Å². The predicted octanol–water partition coefficient (Wildman–Crippen LogP) is 1.80. The van der Waals surface area contributed by atoms with Crippen molar-refractivity contribution < 1.29 is 19.0 Å². The van der Waals surface area contributed by atoms with Crippen LogP contribution in [0.1, 0.15) is 26.2 Å². The molecule has 6 heteroatoms. The highest BCUT2D eigenvalue weighted by Gasteiger charge is 2.41. The number of benzene rings is 1. The van der Waals surface area contributed by atoms with E-state index in [0.717, 1.165) is 38.9 Å². The second kappa shape index (κ2) is 8.15. The summed E-state index contributed by atoms with van der Waals surface area (Å²) < 4.78 is 18.5. The molecule has 1 aliphatic heterocycles. The minimum absolute atomic E-state index is 0.0738. The Kier molecular flexibility index (Phi) is 5.91. The fraction of sp³-hybridized carbons (Fsp3) is 0.632. The van der Waals surface area contributed by atoms with E-state index in [0.29, 0.717) is 24.2 Å². The van der Waals surface area contributed by atoms with Crippen LogP contribution in [0.3, 0.4) is 0 Å². The lowest BCUT2D eigenvalue weighted by Crippen LogP contribution is -2.48. The molecule has 1 saturated carbocycles. The average Bonchev–Trinajstić information content (AvgIpc) is 2.94. The molecule has 5 nitrogen and oxygen atoms in total. The summed E-state index contributed by atoms with van der Waals surface area (Å²) in [4.78, 5) is 13.7. The van der Waals surface area contributed by atoms with Crippen LogP contribution in [0, 0.1) is 17.7 Å². The number of fused-ring (bicyclic) bond motifs is 1. The van der Waals surface area contributed by atoms with Crippen LogP contribution >= 0.6 is 0 Å². The number of ether oxygens (including phenoxy) is 1. The lowest BCUT2D eigenvalue weighted by molar-refractivity contribution is -0.121. The van der Waals surface area contributed by atoms with Gasteiger partial charge in [-0.2, -0.15) is 0 Å². The molecule has 1 aromatic carbocycles. The molecule has 0 radical (unpaired) electrons. The van der Waals surface area contributed by atoms with Gasteiger partial charge in [0, 0.05) is 26.6 Å². The number of likely N-dealkylation sites (tertiary alicyclic amines) is 1. The molecule has 1 heterocycles. The summed E-state index contributed by atoms with van der Waals surface area (Å²) in [5.74, 6) is 1.41. The number of halogens is 1. The molecule has 0 aromatic heterocycles. The molecule has 2 aliphatic rings. The number of hydrogen-bond donors (Lipinski definition) is 2. The van der Waals surface area contributed by atoms with Gasteiger partial charge in [0.25, 0.3) is 0 Å². The number of nitrogens with zero attached hydrogens (tertiary/aromatic N) is 1. The van der Waals surface area contributed by atoms with E-state index in [1.807, 2.05) is 0 Å². The normalized spacial score (nSPS) is 29.2. The standard InChI is InChI=1S/C19H27FN2O3/c1-13(23)21-18-9-14-11-22(12-15(14)10-19(18)24)7-2-8-25-17-5-3-16(20)4-6-17/h3-6,14-15,18-19,24H,2,7-12H2,1H3,(H,21,23)/t14-,15+,18-,19-/m1/s1. The number of nitrogens with one attached hydrogen (secondary N) is 1. The number of hydrogen-bond acceptors (Lipinski definition) is 4. The van der Waals surface area contributed by atoms with E-state index in [1.54, 1.807) is 12.1 Å². The Morgan fingerprint density at radius 3 is 2.64 bits per heavy atom.